The average Bonchev–Trinajstić information content (AvgIpc) is 2.93. The SMILES string of the molecule is COC(=O)C1=C(C(=O)OC)N(c2c(F)cccc2OC2CCCCC2)C(N)=C(C#N)C1c1ccccc1. The lowest BCUT2D eigenvalue weighted by molar-refractivity contribution is -0.139. The van der Waals surface area contributed by atoms with E-state index >= 15 is 4.39 Å². The van der Waals surface area contributed by atoms with Gasteiger partial charge in [-0.15, -0.1) is 0 Å². The number of carbonyl (C=O) groups is 2. The molecule has 0 amide bonds. The Labute approximate surface area is 214 Å². The van der Waals surface area contributed by atoms with Crippen LogP contribution in [0.5, 0.6) is 5.75 Å². The number of nitriles is 1. The van der Waals surface area contributed by atoms with Crippen molar-refractivity contribution in [2.75, 3.05) is 19.1 Å². The van der Waals surface area contributed by atoms with Gasteiger partial charge >= 0.3 is 11.9 Å². The summed E-state index contributed by atoms with van der Waals surface area (Å²) in [7, 11) is 2.30. The lowest BCUT2D eigenvalue weighted by Crippen LogP contribution is -2.41. The van der Waals surface area contributed by atoms with Crippen molar-refractivity contribution in [2.24, 2.45) is 5.73 Å². The second-order valence-electron chi connectivity index (χ2n) is 8.80. The van der Waals surface area contributed by atoms with Crippen molar-refractivity contribution in [1.82, 2.24) is 0 Å². The lowest BCUT2D eigenvalue weighted by Gasteiger charge is -2.37. The third-order valence-electron chi connectivity index (χ3n) is 6.63. The van der Waals surface area contributed by atoms with Crippen LogP contribution < -0.4 is 15.4 Å². The number of nitrogens with two attached hydrogens (primary N) is 1. The molecule has 0 radical (unpaired) electrons. The minimum absolute atomic E-state index is 0.0499. The number of anilines is 1. The highest BCUT2D eigenvalue weighted by molar-refractivity contribution is 6.06. The monoisotopic (exact) mass is 505 g/mol. The van der Waals surface area contributed by atoms with Gasteiger partial charge in [0.2, 0.25) is 0 Å². The van der Waals surface area contributed by atoms with E-state index in [2.05, 4.69) is 6.07 Å². The fraction of sp³-hybridized carbons (Fsp3) is 0.321. The minimum atomic E-state index is -1.04. The van der Waals surface area contributed by atoms with Crippen LogP contribution in [0.4, 0.5) is 10.1 Å². The molecule has 1 atom stereocenters. The molecule has 2 aromatic carbocycles. The van der Waals surface area contributed by atoms with Crippen LogP contribution >= 0.6 is 0 Å². The third-order valence-corrected chi connectivity index (χ3v) is 6.63. The van der Waals surface area contributed by atoms with Crippen LogP contribution in [0.2, 0.25) is 0 Å². The molecule has 8 nitrogen and oxygen atoms in total. The molecule has 0 bridgehead atoms. The van der Waals surface area contributed by atoms with Gasteiger partial charge in [-0.25, -0.2) is 14.0 Å². The fourth-order valence-electron chi connectivity index (χ4n) is 4.92. The molecule has 2 aromatic rings. The number of esters is 2. The Kier molecular flexibility index (Phi) is 7.77. The third kappa shape index (κ3) is 4.87. The van der Waals surface area contributed by atoms with Gasteiger partial charge in [-0.1, -0.05) is 42.8 Å². The van der Waals surface area contributed by atoms with Crippen molar-refractivity contribution in [3.63, 3.8) is 0 Å². The predicted octanol–water partition coefficient (Wildman–Crippen LogP) is 4.43. The molecule has 1 aliphatic carbocycles. The minimum Gasteiger partial charge on any atom is -0.488 e. The summed E-state index contributed by atoms with van der Waals surface area (Å²) in [6.45, 7) is 0. The van der Waals surface area contributed by atoms with E-state index in [1.54, 1.807) is 36.4 Å². The van der Waals surface area contributed by atoms with Crippen LogP contribution in [-0.4, -0.2) is 32.3 Å². The maximum atomic E-state index is 15.6. The molecule has 2 aliphatic rings. The molecule has 0 saturated heterocycles. The van der Waals surface area contributed by atoms with E-state index in [9.17, 15) is 14.9 Å². The number of carbonyl (C=O) groups excluding carboxylic acids is 2. The summed E-state index contributed by atoms with van der Waals surface area (Å²) in [5.41, 5.74) is 6.26. The van der Waals surface area contributed by atoms with E-state index in [4.69, 9.17) is 19.9 Å². The van der Waals surface area contributed by atoms with E-state index in [1.165, 1.54) is 12.1 Å². The van der Waals surface area contributed by atoms with Crippen molar-refractivity contribution in [3.8, 4) is 11.8 Å². The van der Waals surface area contributed by atoms with Gasteiger partial charge in [0.1, 0.15) is 23.0 Å². The van der Waals surface area contributed by atoms with Gasteiger partial charge in [-0.3, -0.25) is 4.90 Å². The second kappa shape index (κ2) is 11.2. The summed E-state index contributed by atoms with van der Waals surface area (Å²) in [5.74, 6) is -3.71. The summed E-state index contributed by atoms with van der Waals surface area (Å²) >= 11 is 0. The summed E-state index contributed by atoms with van der Waals surface area (Å²) < 4.78 is 31.8. The Morgan fingerprint density at radius 2 is 1.68 bits per heavy atom. The number of hydrogen-bond donors (Lipinski definition) is 1. The lowest BCUT2D eigenvalue weighted by atomic mass is 9.81. The molecule has 1 saturated carbocycles. The molecule has 1 heterocycles. The number of methoxy groups -OCH3 is 2. The van der Waals surface area contributed by atoms with Crippen molar-refractivity contribution in [3.05, 3.63) is 82.6 Å². The average molecular weight is 506 g/mol. The highest BCUT2D eigenvalue weighted by Crippen LogP contribution is 2.46. The highest BCUT2D eigenvalue weighted by Gasteiger charge is 2.44. The molecule has 1 fully saturated rings. The summed E-state index contributed by atoms with van der Waals surface area (Å²) in [6.07, 6.45) is 4.52. The van der Waals surface area contributed by atoms with Crippen LogP contribution in [0.3, 0.4) is 0 Å². The first kappa shape index (κ1) is 25.8. The molecule has 4 rings (SSSR count). The van der Waals surface area contributed by atoms with Gasteiger partial charge in [-0.2, -0.15) is 5.26 Å². The number of allylic oxidation sites excluding steroid dienone is 1. The van der Waals surface area contributed by atoms with Crippen LogP contribution in [0.15, 0.2) is 71.2 Å². The molecule has 0 spiro atoms. The maximum Gasteiger partial charge on any atom is 0.355 e. The largest absolute Gasteiger partial charge is 0.488 e. The summed E-state index contributed by atoms with van der Waals surface area (Å²) in [4.78, 5) is 27.5. The number of rotatable bonds is 6. The number of nitrogens with zero attached hydrogens (tertiary/aromatic N) is 2. The molecule has 37 heavy (non-hydrogen) atoms. The number of halogens is 1. The Bertz CT molecular complexity index is 1290. The second-order valence-corrected chi connectivity index (χ2v) is 8.80. The fourth-order valence-corrected chi connectivity index (χ4v) is 4.92. The molecule has 0 aromatic heterocycles. The first-order chi connectivity index (χ1) is 17.9. The van der Waals surface area contributed by atoms with Gasteiger partial charge in [0, 0.05) is 0 Å². The summed E-state index contributed by atoms with van der Waals surface area (Å²) in [6, 6.07) is 14.9. The standard InChI is InChI=1S/C28H28FN3O5/c1-35-27(33)23-22(17-10-5-3-6-11-17)19(16-30)26(31)32(25(23)28(34)36-2)24-20(29)14-9-15-21(24)37-18-12-7-4-8-13-18/h3,5-6,9-11,14-15,18,22H,4,7-8,12-13,31H2,1-2H3. The number of ether oxygens (including phenoxy) is 3. The Morgan fingerprint density at radius 3 is 2.30 bits per heavy atom. The van der Waals surface area contributed by atoms with Crippen LogP contribution in [0, 0.1) is 17.1 Å². The van der Waals surface area contributed by atoms with Crippen molar-refractivity contribution in [1.29, 1.82) is 5.26 Å². The number of hydrogen-bond acceptors (Lipinski definition) is 8. The van der Waals surface area contributed by atoms with E-state index in [1.807, 2.05) is 0 Å². The molecule has 1 aliphatic heterocycles. The molecule has 192 valence electrons. The van der Waals surface area contributed by atoms with Gasteiger partial charge < -0.3 is 19.9 Å². The van der Waals surface area contributed by atoms with E-state index in [0.29, 0.717) is 5.56 Å². The van der Waals surface area contributed by atoms with Crippen LogP contribution in [0.1, 0.15) is 43.6 Å². The number of benzene rings is 2. The van der Waals surface area contributed by atoms with E-state index in [0.717, 1.165) is 51.2 Å². The zero-order valence-corrected chi connectivity index (χ0v) is 20.7. The topological polar surface area (TPSA) is 115 Å². The van der Waals surface area contributed by atoms with Crippen molar-refractivity contribution < 1.29 is 28.2 Å². The van der Waals surface area contributed by atoms with Crippen LogP contribution in [-0.2, 0) is 19.1 Å². The maximum absolute atomic E-state index is 15.6. The van der Waals surface area contributed by atoms with Crippen molar-refractivity contribution in [2.45, 2.75) is 44.1 Å². The van der Waals surface area contributed by atoms with Crippen LogP contribution in [0.25, 0.3) is 0 Å². The Hall–Kier alpha value is -4.32. The highest BCUT2D eigenvalue weighted by atomic mass is 19.1. The van der Waals surface area contributed by atoms with E-state index < -0.39 is 23.7 Å². The zero-order chi connectivity index (χ0) is 26.5. The first-order valence-corrected chi connectivity index (χ1v) is 12.0. The van der Waals surface area contributed by atoms with Gasteiger partial charge in [-0.05, 0) is 43.4 Å². The molecular weight excluding hydrogens is 477 g/mol. The quantitative estimate of drug-likeness (QED) is 0.573. The number of para-hydroxylation sites is 1. The normalized spacial score (nSPS) is 18.3. The molecule has 9 heteroatoms. The first-order valence-electron chi connectivity index (χ1n) is 12.0. The smallest absolute Gasteiger partial charge is 0.355 e. The molecule has 1 unspecified atom stereocenters. The zero-order valence-electron chi connectivity index (χ0n) is 20.7. The predicted molar refractivity (Wildman–Crippen MR) is 133 cm³/mol. The molecule has 2 N–H and O–H groups in total. The van der Waals surface area contributed by atoms with Crippen molar-refractivity contribution >= 4 is 17.6 Å². The van der Waals surface area contributed by atoms with Gasteiger partial charge in [0.25, 0.3) is 0 Å². The molecular formula is C28H28FN3O5. The Morgan fingerprint density at radius 1 is 1.00 bits per heavy atom. The van der Waals surface area contributed by atoms with Gasteiger partial charge in [0.15, 0.2) is 5.82 Å². The van der Waals surface area contributed by atoms with Gasteiger partial charge in [0.05, 0.1) is 43.5 Å². The Balaban J connectivity index is 2.00. The van der Waals surface area contributed by atoms with E-state index in [-0.39, 0.29) is 40.2 Å². The summed E-state index contributed by atoms with van der Waals surface area (Å²) in [5, 5.41) is 10.2.